The molecule has 1 aromatic heterocycles. The Morgan fingerprint density at radius 2 is 1.50 bits per heavy atom. The minimum atomic E-state index is -4.42. The van der Waals surface area contributed by atoms with Gasteiger partial charge in [0.05, 0.1) is 0 Å². The summed E-state index contributed by atoms with van der Waals surface area (Å²) in [6.07, 6.45) is 2.97. The molecule has 0 spiro atoms. The first-order valence-corrected chi connectivity index (χ1v) is 7.61. The number of rotatable bonds is 8. The summed E-state index contributed by atoms with van der Waals surface area (Å²) in [5, 5.41) is 0. The Morgan fingerprint density at radius 3 is 2.14 bits per heavy atom. The predicted octanol–water partition coefficient (Wildman–Crippen LogP) is 5.43. The van der Waals surface area contributed by atoms with Gasteiger partial charge < -0.3 is 4.42 Å². The second-order valence-electron chi connectivity index (χ2n) is 5.38. The van der Waals surface area contributed by atoms with E-state index in [0.717, 1.165) is 38.5 Å². The number of halogens is 3. The third-order valence-electron chi connectivity index (χ3n) is 3.54. The number of aromatic nitrogens is 1. The first-order chi connectivity index (χ1) is 10.6. The minimum Gasteiger partial charge on any atom is -0.448 e. The molecule has 0 saturated carbocycles. The van der Waals surface area contributed by atoms with Crippen molar-refractivity contribution < 1.29 is 17.6 Å². The highest BCUT2D eigenvalue weighted by Gasteiger charge is 2.34. The predicted molar refractivity (Wildman–Crippen MR) is 78.4 cm³/mol. The highest BCUT2D eigenvalue weighted by molar-refractivity contribution is 5.14. The first-order valence-electron chi connectivity index (χ1n) is 7.61. The Balaban J connectivity index is 1.55. The molecular formula is C17H20F3NO. The van der Waals surface area contributed by atoms with Gasteiger partial charge in [-0.1, -0.05) is 49.6 Å². The van der Waals surface area contributed by atoms with Crippen molar-refractivity contribution in [2.24, 2.45) is 0 Å². The Morgan fingerprint density at radius 1 is 0.864 bits per heavy atom. The summed E-state index contributed by atoms with van der Waals surface area (Å²) in [6, 6.07) is 10.3. The number of nitrogens with zero attached hydrogens (tertiary/aromatic N) is 1. The summed E-state index contributed by atoms with van der Waals surface area (Å²) >= 11 is 0. The van der Waals surface area contributed by atoms with Crippen LogP contribution in [0, 0.1) is 0 Å². The molecule has 2 nitrogen and oxygen atoms in total. The molecule has 0 aliphatic carbocycles. The lowest BCUT2D eigenvalue weighted by Crippen LogP contribution is -2.05. The second-order valence-corrected chi connectivity index (χ2v) is 5.38. The molecule has 0 radical (unpaired) electrons. The van der Waals surface area contributed by atoms with Crippen LogP contribution in [0.15, 0.2) is 41.0 Å². The third-order valence-corrected chi connectivity index (χ3v) is 3.54. The van der Waals surface area contributed by atoms with Crippen molar-refractivity contribution in [3.05, 3.63) is 53.7 Å². The van der Waals surface area contributed by atoms with E-state index in [-0.39, 0.29) is 5.89 Å². The average molecular weight is 311 g/mol. The Hall–Kier alpha value is -1.78. The number of oxazole rings is 1. The van der Waals surface area contributed by atoms with Crippen LogP contribution in [0.25, 0.3) is 0 Å². The molecule has 0 amide bonds. The molecule has 0 N–H and O–H groups in total. The molecule has 0 atom stereocenters. The van der Waals surface area contributed by atoms with Crippen LogP contribution in [0.4, 0.5) is 13.2 Å². The maximum atomic E-state index is 12.3. The molecule has 1 heterocycles. The number of alkyl halides is 3. The number of aryl methyl sites for hydroxylation is 2. The topological polar surface area (TPSA) is 26.0 Å². The number of hydrogen-bond acceptors (Lipinski definition) is 2. The minimum absolute atomic E-state index is 0.177. The summed E-state index contributed by atoms with van der Waals surface area (Å²) in [5.41, 5.74) is 0.410. The van der Waals surface area contributed by atoms with Crippen molar-refractivity contribution in [3.63, 3.8) is 0 Å². The smallest absolute Gasteiger partial charge is 0.436 e. The molecule has 0 saturated heterocycles. The maximum Gasteiger partial charge on any atom is 0.436 e. The van der Waals surface area contributed by atoms with Gasteiger partial charge in [0.15, 0.2) is 11.6 Å². The molecular weight excluding hydrogens is 291 g/mol. The highest BCUT2D eigenvalue weighted by atomic mass is 19.4. The number of benzene rings is 1. The Kier molecular flexibility index (Phi) is 6.04. The maximum absolute atomic E-state index is 12.3. The fourth-order valence-corrected chi connectivity index (χ4v) is 2.34. The van der Waals surface area contributed by atoms with Gasteiger partial charge in [-0.2, -0.15) is 13.2 Å². The average Bonchev–Trinajstić information content (AvgIpc) is 2.96. The van der Waals surface area contributed by atoms with Crippen LogP contribution in [-0.2, 0) is 19.0 Å². The summed E-state index contributed by atoms with van der Waals surface area (Å²) in [5.74, 6) is 0.177. The van der Waals surface area contributed by atoms with Crippen molar-refractivity contribution in [3.8, 4) is 0 Å². The number of hydrogen-bond donors (Lipinski definition) is 0. The fraction of sp³-hybridized carbons (Fsp3) is 0.471. The van der Waals surface area contributed by atoms with Gasteiger partial charge in [0.2, 0.25) is 0 Å². The molecule has 120 valence electrons. The van der Waals surface area contributed by atoms with Crippen molar-refractivity contribution >= 4 is 0 Å². The summed E-state index contributed by atoms with van der Waals surface area (Å²) in [7, 11) is 0. The zero-order valence-corrected chi connectivity index (χ0v) is 12.4. The molecule has 0 aliphatic rings. The largest absolute Gasteiger partial charge is 0.448 e. The Labute approximate surface area is 128 Å². The summed E-state index contributed by atoms with van der Waals surface area (Å²) in [4.78, 5) is 3.46. The molecule has 0 fully saturated rings. The van der Waals surface area contributed by atoms with E-state index in [0.29, 0.717) is 12.7 Å². The second kappa shape index (κ2) is 8.01. The zero-order chi connectivity index (χ0) is 15.8. The van der Waals surface area contributed by atoms with Crippen molar-refractivity contribution in [2.75, 3.05) is 0 Å². The van der Waals surface area contributed by atoms with Gasteiger partial charge in [0, 0.05) is 6.42 Å². The lowest BCUT2D eigenvalue weighted by molar-refractivity contribution is -0.141. The van der Waals surface area contributed by atoms with Crippen LogP contribution in [0.1, 0.15) is 49.3 Å². The Bertz CT molecular complexity index is 549. The van der Waals surface area contributed by atoms with Crippen LogP contribution in [0.5, 0.6) is 0 Å². The van der Waals surface area contributed by atoms with E-state index < -0.39 is 11.9 Å². The van der Waals surface area contributed by atoms with Crippen LogP contribution in [-0.4, -0.2) is 4.98 Å². The monoisotopic (exact) mass is 311 g/mol. The van der Waals surface area contributed by atoms with Gasteiger partial charge in [-0.25, -0.2) is 4.98 Å². The van der Waals surface area contributed by atoms with Crippen LogP contribution in [0.2, 0.25) is 0 Å². The van der Waals surface area contributed by atoms with Crippen LogP contribution >= 0.6 is 0 Å². The molecule has 2 rings (SSSR count). The zero-order valence-electron chi connectivity index (χ0n) is 12.4. The van der Waals surface area contributed by atoms with E-state index >= 15 is 0 Å². The lowest BCUT2D eigenvalue weighted by atomic mass is 10.1. The molecule has 5 heteroatoms. The molecule has 0 bridgehead atoms. The fourth-order valence-electron chi connectivity index (χ4n) is 2.34. The SMILES string of the molecule is FC(F)(F)c1coc(CCCCCCCc2ccccc2)n1. The normalized spacial score (nSPS) is 11.8. The van der Waals surface area contributed by atoms with Crippen molar-refractivity contribution in [1.29, 1.82) is 0 Å². The number of unbranched alkanes of at least 4 members (excludes halogenated alkanes) is 4. The van der Waals surface area contributed by atoms with E-state index in [1.165, 1.54) is 5.56 Å². The molecule has 0 aliphatic heterocycles. The van der Waals surface area contributed by atoms with Crippen molar-refractivity contribution in [2.45, 2.75) is 51.1 Å². The van der Waals surface area contributed by atoms with Crippen LogP contribution in [0.3, 0.4) is 0 Å². The molecule has 0 unspecified atom stereocenters. The summed E-state index contributed by atoms with van der Waals surface area (Å²) < 4.78 is 41.9. The lowest BCUT2D eigenvalue weighted by Gasteiger charge is -2.02. The van der Waals surface area contributed by atoms with E-state index in [1.807, 2.05) is 18.2 Å². The van der Waals surface area contributed by atoms with Gasteiger partial charge in [0.1, 0.15) is 6.26 Å². The van der Waals surface area contributed by atoms with E-state index in [2.05, 4.69) is 17.1 Å². The first kappa shape index (κ1) is 16.6. The van der Waals surface area contributed by atoms with Crippen molar-refractivity contribution in [1.82, 2.24) is 4.98 Å². The van der Waals surface area contributed by atoms with Gasteiger partial charge in [-0.15, -0.1) is 0 Å². The van der Waals surface area contributed by atoms with E-state index in [4.69, 9.17) is 4.42 Å². The molecule has 1 aromatic carbocycles. The van der Waals surface area contributed by atoms with Gasteiger partial charge in [0.25, 0.3) is 0 Å². The molecule has 2 aromatic rings. The van der Waals surface area contributed by atoms with Crippen LogP contribution < -0.4 is 0 Å². The quantitative estimate of drug-likeness (QED) is 0.608. The van der Waals surface area contributed by atoms with E-state index in [1.54, 1.807) is 0 Å². The third kappa shape index (κ3) is 5.54. The standard InChI is InChI=1S/C17H20F3NO/c18-17(19,20)15-13-22-16(21-15)12-8-3-1-2-5-9-14-10-6-4-7-11-14/h4,6-7,10-11,13H,1-3,5,8-9,12H2. The van der Waals surface area contributed by atoms with Gasteiger partial charge >= 0.3 is 6.18 Å². The van der Waals surface area contributed by atoms with Gasteiger partial charge in [-0.3, -0.25) is 0 Å². The highest BCUT2D eigenvalue weighted by Crippen LogP contribution is 2.28. The van der Waals surface area contributed by atoms with Gasteiger partial charge in [-0.05, 0) is 24.8 Å². The molecule has 22 heavy (non-hydrogen) atoms. The summed E-state index contributed by atoms with van der Waals surface area (Å²) in [6.45, 7) is 0. The van der Waals surface area contributed by atoms with E-state index in [9.17, 15) is 13.2 Å².